The molecule has 3 heterocycles. The number of pyridine rings is 1. The summed E-state index contributed by atoms with van der Waals surface area (Å²) in [5.41, 5.74) is 6.32. The van der Waals surface area contributed by atoms with Crippen LogP contribution in [0.5, 0.6) is 0 Å². The molecule has 1 aliphatic rings. The minimum atomic E-state index is -0.0887. The molecule has 1 unspecified atom stereocenters. The van der Waals surface area contributed by atoms with E-state index in [1.165, 1.54) is 5.56 Å². The van der Waals surface area contributed by atoms with Crippen LogP contribution < -0.4 is 0 Å². The maximum Gasteiger partial charge on any atom is 0.112 e. The molecule has 0 saturated carbocycles. The van der Waals surface area contributed by atoms with Gasteiger partial charge in [-0.1, -0.05) is 54.1 Å². The van der Waals surface area contributed by atoms with Gasteiger partial charge in [0, 0.05) is 48.2 Å². The van der Waals surface area contributed by atoms with Crippen molar-refractivity contribution in [2.45, 2.75) is 12.6 Å². The van der Waals surface area contributed by atoms with Crippen LogP contribution in [0, 0.1) is 0 Å². The summed E-state index contributed by atoms with van der Waals surface area (Å²) in [5, 5.41) is 8.68. The van der Waals surface area contributed by atoms with Crippen molar-refractivity contribution in [2.24, 2.45) is 0 Å². The molecular formula is C25H23ClN4O. The Morgan fingerprint density at radius 1 is 0.968 bits per heavy atom. The van der Waals surface area contributed by atoms with Crippen LogP contribution in [0.15, 0.2) is 79.1 Å². The van der Waals surface area contributed by atoms with E-state index in [1.807, 2.05) is 36.4 Å². The molecule has 156 valence electrons. The van der Waals surface area contributed by atoms with E-state index in [0.717, 1.165) is 47.7 Å². The van der Waals surface area contributed by atoms with E-state index >= 15 is 0 Å². The van der Waals surface area contributed by atoms with Crippen LogP contribution in [0.4, 0.5) is 0 Å². The number of hydrogen-bond acceptors (Lipinski definition) is 4. The average molecular weight is 431 g/mol. The van der Waals surface area contributed by atoms with Crippen LogP contribution in [0.2, 0.25) is 5.02 Å². The summed E-state index contributed by atoms with van der Waals surface area (Å²) in [4.78, 5) is 6.62. The largest absolute Gasteiger partial charge is 0.369 e. The Kier molecular flexibility index (Phi) is 5.80. The molecule has 0 spiro atoms. The van der Waals surface area contributed by atoms with Gasteiger partial charge in [-0.3, -0.25) is 15.0 Å². The van der Waals surface area contributed by atoms with Gasteiger partial charge in [0.05, 0.1) is 12.3 Å². The lowest BCUT2D eigenvalue weighted by Gasteiger charge is -2.33. The molecule has 1 aliphatic heterocycles. The Bertz CT molecular complexity index is 1130. The number of ether oxygens (including phenoxy) is 1. The zero-order valence-electron chi connectivity index (χ0n) is 17.0. The topological polar surface area (TPSA) is 54.0 Å². The molecule has 1 fully saturated rings. The van der Waals surface area contributed by atoms with Gasteiger partial charge >= 0.3 is 0 Å². The van der Waals surface area contributed by atoms with Gasteiger partial charge in [-0.2, -0.15) is 5.10 Å². The summed E-state index contributed by atoms with van der Waals surface area (Å²) >= 11 is 6.10. The van der Waals surface area contributed by atoms with Gasteiger partial charge in [0.2, 0.25) is 0 Å². The van der Waals surface area contributed by atoms with E-state index in [9.17, 15) is 0 Å². The van der Waals surface area contributed by atoms with Gasteiger partial charge in [0.25, 0.3) is 0 Å². The fourth-order valence-corrected chi connectivity index (χ4v) is 4.20. The van der Waals surface area contributed by atoms with Crippen LogP contribution in [0.3, 0.4) is 0 Å². The molecule has 0 bridgehead atoms. The highest BCUT2D eigenvalue weighted by Gasteiger charge is 2.28. The normalized spacial score (nSPS) is 17.0. The molecular weight excluding hydrogens is 408 g/mol. The van der Waals surface area contributed by atoms with Gasteiger partial charge < -0.3 is 4.74 Å². The summed E-state index contributed by atoms with van der Waals surface area (Å²) in [5.74, 6) is 0. The van der Waals surface area contributed by atoms with Gasteiger partial charge in [-0.15, -0.1) is 0 Å². The van der Waals surface area contributed by atoms with E-state index < -0.39 is 0 Å². The fourth-order valence-electron chi connectivity index (χ4n) is 4.08. The molecule has 31 heavy (non-hydrogen) atoms. The standard InChI is InChI=1S/C25H23ClN4O/c26-21-8-6-20(7-9-21)24-23(19-10-12-27-13-11-19)25(29-28-24)22-17-30(14-15-31-22)16-18-4-2-1-3-5-18/h1-13,22H,14-17H2,(H,28,29). The monoisotopic (exact) mass is 430 g/mol. The zero-order valence-corrected chi connectivity index (χ0v) is 17.8. The van der Waals surface area contributed by atoms with Crippen molar-refractivity contribution in [3.63, 3.8) is 0 Å². The highest BCUT2D eigenvalue weighted by molar-refractivity contribution is 6.30. The highest BCUT2D eigenvalue weighted by atomic mass is 35.5. The first-order valence-electron chi connectivity index (χ1n) is 10.4. The lowest BCUT2D eigenvalue weighted by atomic mass is 9.97. The Balaban J connectivity index is 1.49. The quantitative estimate of drug-likeness (QED) is 0.462. The smallest absolute Gasteiger partial charge is 0.112 e. The van der Waals surface area contributed by atoms with Crippen molar-refractivity contribution in [1.29, 1.82) is 0 Å². The van der Waals surface area contributed by atoms with Gasteiger partial charge in [0.1, 0.15) is 11.8 Å². The minimum Gasteiger partial charge on any atom is -0.369 e. The molecule has 0 aliphatic carbocycles. The predicted molar refractivity (Wildman–Crippen MR) is 123 cm³/mol. The van der Waals surface area contributed by atoms with Crippen molar-refractivity contribution in [2.75, 3.05) is 19.7 Å². The second-order valence-corrected chi connectivity index (χ2v) is 8.12. The Labute approximate surface area is 186 Å². The van der Waals surface area contributed by atoms with Crippen molar-refractivity contribution >= 4 is 11.6 Å². The minimum absolute atomic E-state index is 0.0887. The first-order valence-corrected chi connectivity index (χ1v) is 10.8. The maximum atomic E-state index is 6.21. The predicted octanol–water partition coefficient (Wildman–Crippen LogP) is 5.37. The van der Waals surface area contributed by atoms with E-state index in [0.29, 0.717) is 11.6 Å². The van der Waals surface area contributed by atoms with Crippen LogP contribution in [-0.2, 0) is 11.3 Å². The van der Waals surface area contributed by atoms with Crippen molar-refractivity contribution in [1.82, 2.24) is 20.1 Å². The summed E-state index contributed by atoms with van der Waals surface area (Å²) in [7, 11) is 0. The van der Waals surface area contributed by atoms with Crippen molar-refractivity contribution in [3.8, 4) is 22.4 Å². The van der Waals surface area contributed by atoms with E-state index in [2.05, 4.69) is 50.4 Å². The number of benzene rings is 2. The average Bonchev–Trinajstić information content (AvgIpc) is 3.26. The molecule has 2 aromatic carbocycles. The van der Waals surface area contributed by atoms with Crippen molar-refractivity contribution < 1.29 is 4.74 Å². The highest BCUT2D eigenvalue weighted by Crippen LogP contribution is 2.38. The molecule has 1 N–H and O–H groups in total. The molecule has 2 aromatic heterocycles. The Morgan fingerprint density at radius 2 is 1.74 bits per heavy atom. The number of morpholine rings is 1. The molecule has 0 amide bonds. The Hall–Kier alpha value is -2.99. The molecule has 0 radical (unpaired) electrons. The molecule has 6 heteroatoms. The van der Waals surface area contributed by atoms with E-state index in [1.54, 1.807) is 12.4 Å². The van der Waals surface area contributed by atoms with Gasteiger partial charge in [0.15, 0.2) is 0 Å². The number of nitrogens with zero attached hydrogens (tertiary/aromatic N) is 3. The fraction of sp³-hybridized carbons (Fsp3) is 0.200. The van der Waals surface area contributed by atoms with Crippen LogP contribution in [-0.4, -0.2) is 39.8 Å². The summed E-state index contributed by atoms with van der Waals surface area (Å²) in [6.45, 7) is 3.30. The van der Waals surface area contributed by atoms with Crippen LogP contribution >= 0.6 is 11.6 Å². The number of aromatic amines is 1. The van der Waals surface area contributed by atoms with Gasteiger partial charge in [-0.05, 0) is 35.4 Å². The molecule has 4 aromatic rings. The number of H-pyrrole nitrogens is 1. The van der Waals surface area contributed by atoms with E-state index in [4.69, 9.17) is 16.3 Å². The van der Waals surface area contributed by atoms with Gasteiger partial charge in [-0.25, -0.2) is 0 Å². The van der Waals surface area contributed by atoms with Crippen LogP contribution in [0.25, 0.3) is 22.4 Å². The second-order valence-electron chi connectivity index (χ2n) is 7.68. The third kappa shape index (κ3) is 4.39. The number of rotatable bonds is 5. The lowest BCUT2D eigenvalue weighted by Crippen LogP contribution is -2.38. The van der Waals surface area contributed by atoms with E-state index in [-0.39, 0.29) is 6.10 Å². The SMILES string of the molecule is Clc1ccc(-c2n[nH]c(C3CN(Cc4ccccc4)CCO3)c2-c2ccncc2)cc1. The third-order valence-electron chi connectivity index (χ3n) is 5.60. The molecule has 5 rings (SSSR count). The molecule has 5 nitrogen and oxygen atoms in total. The number of hydrogen-bond donors (Lipinski definition) is 1. The number of nitrogens with one attached hydrogen (secondary N) is 1. The molecule has 1 saturated heterocycles. The summed E-state index contributed by atoms with van der Waals surface area (Å²) in [6, 6.07) is 22.4. The maximum absolute atomic E-state index is 6.21. The first-order chi connectivity index (χ1) is 15.3. The summed E-state index contributed by atoms with van der Waals surface area (Å²) < 4.78 is 6.21. The van der Waals surface area contributed by atoms with Crippen LogP contribution in [0.1, 0.15) is 17.4 Å². The van der Waals surface area contributed by atoms with Crippen molar-refractivity contribution in [3.05, 3.63) is 95.4 Å². The number of aromatic nitrogens is 3. The first kappa shape index (κ1) is 19.9. The third-order valence-corrected chi connectivity index (χ3v) is 5.85. The second kappa shape index (κ2) is 9.02. The Morgan fingerprint density at radius 3 is 2.52 bits per heavy atom. The summed E-state index contributed by atoms with van der Waals surface area (Å²) in [6.07, 6.45) is 3.52. The zero-order chi connectivity index (χ0) is 21.0. The molecule has 1 atom stereocenters. The number of halogens is 1. The lowest BCUT2D eigenvalue weighted by molar-refractivity contribution is -0.0347.